The van der Waals surface area contributed by atoms with E-state index in [0.29, 0.717) is 37.0 Å². The maximum atomic E-state index is 11.9. The second-order valence-electron chi connectivity index (χ2n) is 5.24. The molecule has 0 amide bonds. The summed E-state index contributed by atoms with van der Waals surface area (Å²) in [4.78, 5) is 13.9. The summed E-state index contributed by atoms with van der Waals surface area (Å²) in [7, 11) is 1.36. The molecule has 1 N–H and O–H groups in total. The predicted molar refractivity (Wildman–Crippen MR) is 73.3 cm³/mol. The molecule has 1 aromatic heterocycles. The number of ether oxygens (including phenoxy) is 1. The van der Waals surface area contributed by atoms with Gasteiger partial charge in [0.1, 0.15) is 17.1 Å². The average Bonchev–Trinajstić information content (AvgIpc) is 2.97. The Morgan fingerprint density at radius 1 is 1.52 bits per heavy atom. The van der Waals surface area contributed by atoms with Gasteiger partial charge < -0.3 is 9.84 Å². The topological polar surface area (TPSA) is 88.7 Å². The number of benzene rings is 1. The van der Waals surface area contributed by atoms with Crippen LogP contribution in [0, 0.1) is 0 Å². The van der Waals surface area contributed by atoms with Crippen molar-refractivity contribution >= 4 is 17.0 Å². The second kappa shape index (κ2) is 5.79. The van der Waals surface area contributed by atoms with Crippen molar-refractivity contribution in [3.8, 4) is 0 Å². The van der Waals surface area contributed by atoms with Crippen molar-refractivity contribution in [1.29, 1.82) is 0 Å². The van der Waals surface area contributed by atoms with Gasteiger partial charge in [0.2, 0.25) is 0 Å². The highest BCUT2D eigenvalue weighted by atomic mass is 16.6. The number of carbonyl (C=O) groups excluding carboxylic acids is 1. The maximum Gasteiger partial charge on any atom is 0.323 e. The van der Waals surface area contributed by atoms with Gasteiger partial charge in [0, 0.05) is 13.1 Å². The summed E-state index contributed by atoms with van der Waals surface area (Å²) in [5, 5.41) is 17.5. The molecular weight excluding hydrogens is 274 g/mol. The van der Waals surface area contributed by atoms with Crippen LogP contribution in [-0.4, -0.2) is 52.1 Å². The van der Waals surface area contributed by atoms with E-state index in [0.717, 1.165) is 5.56 Å². The normalized spacial score (nSPS) is 23.3. The van der Waals surface area contributed by atoms with E-state index in [-0.39, 0.29) is 5.97 Å². The molecule has 21 heavy (non-hydrogen) atoms. The molecule has 2 aromatic rings. The number of hydrogen-bond acceptors (Lipinski definition) is 7. The molecule has 0 aliphatic carbocycles. The number of aliphatic hydroxyl groups excluding tert-OH is 1. The third-order valence-electron chi connectivity index (χ3n) is 3.90. The molecule has 7 heteroatoms. The Labute approximate surface area is 121 Å². The standard InChI is InChI=1S/C14H17N3O4/c1-20-14(19)12-7-10(18)5-6-17(12)8-9-3-2-4-11-13(9)16-21-15-11/h2-4,10,12,18H,5-8H2,1H3/t10-,12+/m0/s1. The number of aromatic nitrogens is 2. The fourth-order valence-corrected chi connectivity index (χ4v) is 2.77. The lowest BCUT2D eigenvalue weighted by molar-refractivity contribution is -0.150. The van der Waals surface area contributed by atoms with Crippen molar-refractivity contribution in [3.05, 3.63) is 23.8 Å². The number of rotatable bonds is 3. The van der Waals surface area contributed by atoms with Crippen LogP contribution >= 0.6 is 0 Å². The number of carbonyl (C=O) groups is 1. The van der Waals surface area contributed by atoms with E-state index in [2.05, 4.69) is 10.3 Å². The van der Waals surface area contributed by atoms with Gasteiger partial charge >= 0.3 is 5.97 Å². The second-order valence-corrected chi connectivity index (χ2v) is 5.24. The van der Waals surface area contributed by atoms with Crippen molar-refractivity contribution in [3.63, 3.8) is 0 Å². The van der Waals surface area contributed by atoms with E-state index in [1.165, 1.54) is 7.11 Å². The first kappa shape index (κ1) is 14.0. The van der Waals surface area contributed by atoms with Crippen molar-refractivity contribution in [2.75, 3.05) is 13.7 Å². The lowest BCUT2D eigenvalue weighted by atomic mass is 9.98. The van der Waals surface area contributed by atoms with Crippen molar-refractivity contribution < 1.29 is 19.3 Å². The van der Waals surface area contributed by atoms with Crippen LogP contribution in [0.25, 0.3) is 11.0 Å². The van der Waals surface area contributed by atoms with Gasteiger partial charge in [-0.05, 0) is 34.8 Å². The average molecular weight is 291 g/mol. The van der Waals surface area contributed by atoms with Gasteiger partial charge in [0.15, 0.2) is 0 Å². The Kier molecular flexibility index (Phi) is 3.85. The first-order valence-corrected chi connectivity index (χ1v) is 6.89. The van der Waals surface area contributed by atoms with Crippen LogP contribution < -0.4 is 0 Å². The summed E-state index contributed by atoms with van der Waals surface area (Å²) < 4.78 is 9.60. The van der Waals surface area contributed by atoms with Crippen LogP contribution in [0.4, 0.5) is 0 Å². The van der Waals surface area contributed by atoms with Gasteiger partial charge in [-0.2, -0.15) is 0 Å². The Bertz CT molecular complexity index is 642. The van der Waals surface area contributed by atoms with Gasteiger partial charge in [-0.15, -0.1) is 0 Å². The van der Waals surface area contributed by atoms with E-state index in [1.54, 1.807) is 0 Å². The Balaban J connectivity index is 1.85. The molecule has 7 nitrogen and oxygen atoms in total. The minimum Gasteiger partial charge on any atom is -0.468 e. The minimum absolute atomic E-state index is 0.320. The van der Waals surface area contributed by atoms with Crippen LogP contribution in [0.5, 0.6) is 0 Å². The van der Waals surface area contributed by atoms with Crippen LogP contribution in [0.1, 0.15) is 18.4 Å². The molecule has 0 spiro atoms. The number of fused-ring (bicyclic) bond motifs is 1. The van der Waals surface area contributed by atoms with E-state index >= 15 is 0 Å². The lowest BCUT2D eigenvalue weighted by Crippen LogP contribution is -2.48. The molecule has 3 rings (SSSR count). The molecule has 1 aromatic carbocycles. The van der Waals surface area contributed by atoms with Gasteiger partial charge in [-0.25, -0.2) is 4.63 Å². The van der Waals surface area contributed by atoms with Crippen LogP contribution in [-0.2, 0) is 16.1 Å². The zero-order valence-electron chi connectivity index (χ0n) is 11.7. The summed E-state index contributed by atoms with van der Waals surface area (Å²) >= 11 is 0. The molecular formula is C14H17N3O4. The van der Waals surface area contributed by atoms with Gasteiger partial charge in [-0.1, -0.05) is 12.1 Å². The van der Waals surface area contributed by atoms with Crippen molar-refractivity contribution in [1.82, 2.24) is 15.2 Å². The molecule has 0 radical (unpaired) electrons. The highest BCUT2D eigenvalue weighted by molar-refractivity contribution is 5.77. The molecule has 0 saturated carbocycles. The first-order chi connectivity index (χ1) is 10.2. The SMILES string of the molecule is COC(=O)[C@H]1C[C@@H](O)CCN1Cc1cccc2nonc12. The number of hydrogen-bond donors (Lipinski definition) is 1. The van der Waals surface area contributed by atoms with Gasteiger partial charge in [-0.3, -0.25) is 9.69 Å². The highest BCUT2D eigenvalue weighted by Gasteiger charge is 2.33. The highest BCUT2D eigenvalue weighted by Crippen LogP contribution is 2.23. The predicted octanol–water partition coefficient (Wildman–Crippen LogP) is 0.721. The molecule has 0 unspecified atom stereocenters. The zero-order chi connectivity index (χ0) is 14.8. The minimum atomic E-state index is -0.463. The molecule has 112 valence electrons. The quantitative estimate of drug-likeness (QED) is 0.833. The van der Waals surface area contributed by atoms with Crippen LogP contribution in [0.2, 0.25) is 0 Å². The largest absolute Gasteiger partial charge is 0.468 e. The lowest BCUT2D eigenvalue weighted by Gasteiger charge is -2.35. The fourth-order valence-electron chi connectivity index (χ4n) is 2.77. The molecule has 1 saturated heterocycles. The maximum absolute atomic E-state index is 11.9. The summed E-state index contributed by atoms with van der Waals surface area (Å²) in [5.41, 5.74) is 2.34. The van der Waals surface area contributed by atoms with Gasteiger partial charge in [0.25, 0.3) is 0 Å². The molecule has 0 bridgehead atoms. The third-order valence-corrected chi connectivity index (χ3v) is 3.90. The molecule has 1 aliphatic rings. The van der Waals surface area contributed by atoms with E-state index < -0.39 is 12.1 Å². The van der Waals surface area contributed by atoms with E-state index in [4.69, 9.17) is 9.37 Å². The third kappa shape index (κ3) is 2.74. The number of likely N-dealkylation sites (tertiary alicyclic amines) is 1. The van der Waals surface area contributed by atoms with Crippen LogP contribution in [0.15, 0.2) is 22.8 Å². The van der Waals surface area contributed by atoms with Crippen molar-refractivity contribution in [2.24, 2.45) is 0 Å². The smallest absolute Gasteiger partial charge is 0.323 e. The van der Waals surface area contributed by atoms with E-state index in [1.807, 2.05) is 23.1 Å². The number of piperidine rings is 1. The Morgan fingerprint density at radius 2 is 2.38 bits per heavy atom. The summed E-state index contributed by atoms with van der Waals surface area (Å²) in [6.07, 6.45) is 0.565. The summed E-state index contributed by atoms with van der Waals surface area (Å²) in [5.74, 6) is -0.320. The number of esters is 1. The molecule has 2 heterocycles. The number of methoxy groups -OCH3 is 1. The first-order valence-electron chi connectivity index (χ1n) is 6.89. The van der Waals surface area contributed by atoms with Crippen LogP contribution in [0.3, 0.4) is 0 Å². The molecule has 1 aliphatic heterocycles. The monoisotopic (exact) mass is 291 g/mol. The van der Waals surface area contributed by atoms with Crippen molar-refractivity contribution in [2.45, 2.75) is 31.5 Å². The zero-order valence-corrected chi connectivity index (χ0v) is 11.7. The Morgan fingerprint density at radius 3 is 3.19 bits per heavy atom. The fraction of sp³-hybridized carbons (Fsp3) is 0.500. The van der Waals surface area contributed by atoms with Gasteiger partial charge in [0.05, 0.1) is 13.2 Å². The Hall–Kier alpha value is -1.99. The summed E-state index contributed by atoms with van der Waals surface area (Å²) in [6, 6.07) is 5.21. The van der Waals surface area contributed by atoms with E-state index in [9.17, 15) is 9.90 Å². The summed E-state index contributed by atoms with van der Waals surface area (Å²) in [6.45, 7) is 1.17. The molecule has 1 fully saturated rings. The number of aliphatic hydroxyl groups is 1. The number of nitrogens with zero attached hydrogens (tertiary/aromatic N) is 3. The molecule has 2 atom stereocenters.